The van der Waals surface area contributed by atoms with E-state index >= 15 is 0 Å². The summed E-state index contributed by atoms with van der Waals surface area (Å²) >= 11 is 0. The van der Waals surface area contributed by atoms with Gasteiger partial charge in [-0.2, -0.15) is 4.99 Å². The third-order valence-corrected chi connectivity index (χ3v) is 4.57. The minimum Gasteiger partial charge on any atom is -0.436 e. The van der Waals surface area contributed by atoms with Crippen LogP contribution < -0.4 is 15.4 Å². The lowest BCUT2D eigenvalue weighted by Crippen LogP contribution is -2.15. The smallest absolute Gasteiger partial charge is 0.214 e. The van der Waals surface area contributed by atoms with Crippen LogP contribution in [0.3, 0.4) is 0 Å². The zero-order chi connectivity index (χ0) is 21.3. The summed E-state index contributed by atoms with van der Waals surface area (Å²) in [4.78, 5) is 13.4. The van der Waals surface area contributed by atoms with E-state index in [0.717, 1.165) is 39.7 Å². The van der Waals surface area contributed by atoms with E-state index in [1.807, 2.05) is 7.05 Å². The van der Waals surface area contributed by atoms with Gasteiger partial charge in [-0.05, 0) is 45.0 Å². The molecule has 6 nitrogen and oxygen atoms in total. The molecule has 1 aliphatic rings. The molecule has 0 bridgehead atoms. The van der Waals surface area contributed by atoms with Crippen LogP contribution in [0.5, 0.6) is 5.75 Å². The summed E-state index contributed by atoms with van der Waals surface area (Å²) in [5, 5.41) is 6.66. The van der Waals surface area contributed by atoms with Crippen molar-refractivity contribution in [3.8, 4) is 5.75 Å². The van der Waals surface area contributed by atoms with Crippen molar-refractivity contribution in [2.24, 2.45) is 4.99 Å². The standard InChI is InChI=1S/C23H29N5O/c1-13(2)19-17-9-14(3)10-18(24-8)20(17)28-21(19)27-15(4)29-16-11-25-22(26-12-16)23(5,6)7/h9-12,24H,4H2,1-3,5-8H3,(H,27,28). The summed E-state index contributed by atoms with van der Waals surface area (Å²) in [6, 6.07) is 4.27. The molecule has 0 unspecified atom stereocenters. The van der Waals surface area contributed by atoms with Gasteiger partial charge in [-0.15, -0.1) is 0 Å². The molecule has 0 atom stereocenters. The van der Waals surface area contributed by atoms with E-state index in [1.165, 1.54) is 5.56 Å². The van der Waals surface area contributed by atoms with Crippen LogP contribution in [0.4, 0.5) is 11.4 Å². The number of rotatable bonds is 4. The highest BCUT2D eigenvalue weighted by molar-refractivity contribution is 6.36. The highest BCUT2D eigenvalue weighted by atomic mass is 16.5. The average molecular weight is 392 g/mol. The fourth-order valence-corrected chi connectivity index (χ4v) is 3.25. The molecule has 1 aromatic heterocycles. The Morgan fingerprint density at radius 2 is 1.83 bits per heavy atom. The van der Waals surface area contributed by atoms with Gasteiger partial charge >= 0.3 is 0 Å². The van der Waals surface area contributed by atoms with Gasteiger partial charge in [0.1, 0.15) is 11.7 Å². The number of aromatic nitrogens is 2. The number of aryl methyl sites for hydroxylation is 1. The maximum Gasteiger partial charge on any atom is 0.214 e. The molecule has 0 spiro atoms. The normalized spacial score (nSPS) is 14.4. The first-order chi connectivity index (χ1) is 13.6. The predicted octanol–water partition coefficient (Wildman–Crippen LogP) is 5.29. The topological polar surface area (TPSA) is 71.4 Å². The third kappa shape index (κ3) is 4.31. The number of nitrogens with zero attached hydrogens (tertiary/aromatic N) is 3. The minimum absolute atomic E-state index is 0.114. The van der Waals surface area contributed by atoms with Crippen molar-refractivity contribution in [3.63, 3.8) is 0 Å². The van der Waals surface area contributed by atoms with E-state index in [1.54, 1.807) is 12.4 Å². The van der Waals surface area contributed by atoms with Crippen molar-refractivity contribution in [2.45, 2.75) is 47.0 Å². The fourth-order valence-electron chi connectivity index (χ4n) is 3.25. The molecule has 2 aromatic rings. The maximum atomic E-state index is 5.77. The SMILES string of the molecule is C=C(/N=C1/Nc2c(NC)cc(C)cc2C1=C(C)C)Oc1cnc(C(C)(C)C)nc1. The molecule has 29 heavy (non-hydrogen) atoms. The maximum absolute atomic E-state index is 5.77. The van der Waals surface area contributed by atoms with Crippen LogP contribution in [0.1, 0.15) is 51.6 Å². The second-order valence-corrected chi connectivity index (χ2v) is 8.43. The van der Waals surface area contributed by atoms with Gasteiger partial charge in [0, 0.05) is 23.6 Å². The summed E-state index contributed by atoms with van der Waals surface area (Å²) in [5.74, 6) is 2.26. The second-order valence-electron chi connectivity index (χ2n) is 8.43. The number of hydrogen-bond acceptors (Lipinski definition) is 5. The Hall–Kier alpha value is -3.15. The number of hydrogen-bond donors (Lipinski definition) is 2. The lowest BCUT2D eigenvalue weighted by atomic mass is 9.96. The van der Waals surface area contributed by atoms with E-state index in [0.29, 0.717) is 5.75 Å². The molecule has 2 N–H and O–H groups in total. The van der Waals surface area contributed by atoms with Crippen LogP contribution in [0.2, 0.25) is 0 Å². The van der Waals surface area contributed by atoms with Crippen molar-refractivity contribution in [1.82, 2.24) is 9.97 Å². The van der Waals surface area contributed by atoms with E-state index < -0.39 is 0 Å². The number of allylic oxidation sites excluding steroid dienone is 1. The monoisotopic (exact) mass is 391 g/mol. The molecule has 0 saturated carbocycles. The van der Waals surface area contributed by atoms with Gasteiger partial charge in [0.2, 0.25) is 5.88 Å². The predicted molar refractivity (Wildman–Crippen MR) is 121 cm³/mol. The van der Waals surface area contributed by atoms with Gasteiger partial charge < -0.3 is 15.4 Å². The first-order valence-electron chi connectivity index (χ1n) is 9.65. The zero-order valence-corrected chi connectivity index (χ0v) is 18.3. The first-order valence-corrected chi connectivity index (χ1v) is 9.65. The van der Waals surface area contributed by atoms with Gasteiger partial charge in [0.05, 0.1) is 23.8 Å². The van der Waals surface area contributed by atoms with Crippen LogP contribution in [0.25, 0.3) is 5.57 Å². The lowest BCUT2D eigenvalue weighted by Gasteiger charge is -2.16. The second kappa shape index (κ2) is 7.70. The highest BCUT2D eigenvalue weighted by Crippen LogP contribution is 2.40. The van der Waals surface area contributed by atoms with Crippen molar-refractivity contribution in [2.75, 3.05) is 17.7 Å². The Balaban J connectivity index is 1.88. The molecule has 3 rings (SSSR count). The van der Waals surface area contributed by atoms with E-state index in [2.05, 4.69) is 85.8 Å². The molecule has 6 heteroatoms. The molecule has 2 heterocycles. The van der Waals surface area contributed by atoms with E-state index in [9.17, 15) is 0 Å². The van der Waals surface area contributed by atoms with Crippen LogP contribution in [0.15, 0.2) is 47.6 Å². The molecule has 0 fully saturated rings. The van der Waals surface area contributed by atoms with Crippen molar-refractivity contribution < 1.29 is 4.74 Å². The van der Waals surface area contributed by atoms with E-state index in [-0.39, 0.29) is 11.3 Å². The van der Waals surface area contributed by atoms with Gasteiger partial charge in [-0.1, -0.05) is 26.3 Å². The van der Waals surface area contributed by atoms with Gasteiger partial charge in [-0.3, -0.25) is 0 Å². The van der Waals surface area contributed by atoms with Crippen LogP contribution in [-0.4, -0.2) is 22.9 Å². The third-order valence-electron chi connectivity index (χ3n) is 4.57. The summed E-state index contributed by atoms with van der Waals surface area (Å²) in [5.41, 5.74) is 6.45. The molecule has 152 valence electrons. The molecule has 0 aliphatic carbocycles. The molecule has 0 radical (unpaired) electrons. The van der Waals surface area contributed by atoms with Crippen LogP contribution in [0, 0.1) is 6.92 Å². The number of amidine groups is 1. The number of ether oxygens (including phenoxy) is 1. The molecule has 1 aromatic carbocycles. The molecule has 0 saturated heterocycles. The minimum atomic E-state index is -0.114. The summed E-state index contributed by atoms with van der Waals surface area (Å²) in [6.07, 6.45) is 3.31. The summed E-state index contributed by atoms with van der Waals surface area (Å²) < 4.78 is 5.77. The largest absolute Gasteiger partial charge is 0.436 e. The number of benzene rings is 1. The Kier molecular flexibility index (Phi) is 5.46. The van der Waals surface area contributed by atoms with Crippen molar-refractivity contribution in [3.05, 3.63) is 59.5 Å². The van der Waals surface area contributed by atoms with Crippen LogP contribution >= 0.6 is 0 Å². The van der Waals surface area contributed by atoms with Crippen molar-refractivity contribution in [1.29, 1.82) is 0 Å². The Morgan fingerprint density at radius 1 is 1.17 bits per heavy atom. The Morgan fingerprint density at radius 3 is 2.38 bits per heavy atom. The quantitative estimate of drug-likeness (QED) is 0.693. The first kappa shape index (κ1) is 20.6. The fraction of sp³-hybridized carbons (Fsp3) is 0.348. The number of nitrogens with one attached hydrogen (secondary N) is 2. The highest BCUT2D eigenvalue weighted by Gasteiger charge is 2.26. The van der Waals surface area contributed by atoms with Gasteiger partial charge in [-0.25, -0.2) is 9.97 Å². The van der Waals surface area contributed by atoms with Gasteiger partial charge in [0.15, 0.2) is 5.75 Å². The number of aliphatic imine (C=N–C) groups is 1. The Bertz CT molecular complexity index is 1010. The van der Waals surface area contributed by atoms with Crippen molar-refractivity contribution >= 4 is 22.8 Å². The Labute approximate surface area is 172 Å². The zero-order valence-electron chi connectivity index (χ0n) is 18.3. The molecule has 1 aliphatic heterocycles. The number of fused-ring (bicyclic) bond motifs is 1. The molecular weight excluding hydrogens is 362 g/mol. The summed E-state index contributed by atoms with van der Waals surface area (Å²) in [6.45, 7) is 16.4. The van der Waals surface area contributed by atoms with Crippen LogP contribution in [-0.2, 0) is 5.41 Å². The molecule has 0 amide bonds. The lowest BCUT2D eigenvalue weighted by molar-refractivity contribution is 0.416. The average Bonchev–Trinajstić information content (AvgIpc) is 2.98. The molecular formula is C23H29N5O. The van der Waals surface area contributed by atoms with Gasteiger partial charge in [0.25, 0.3) is 0 Å². The number of anilines is 2. The van der Waals surface area contributed by atoms with E-state index in [4.69, 9.17) is 4.74 Å². The summed E-state index contributed by atoms with van der Waals surface area (Å²) in [7, 11) is 1.91.